The number of benzene rings is 2. The van der Waals surface area contributed by atoms with Crippen LogP contribution in [0.4, 0.5) is 0 Å². The lowest BCUT2D eigenvalue weighted by molar-refractivity contribution is 0.0177. The van der Waals surface area contributed by atoms with Gasteiger partial charge in [0.05, 0.1) is 19.3 Å². The van der Waals surface area contributed by atoms with Crippen molar-refractivity contribution in [3.8, 4) is 5.75 Å². The maximum absolute atomic E-state index is 13.0. The summed E-state index contributed by atoms with van der Waals surface area (Å²) < 4.78 is 5.42. The Morgan fingerprint density at radius 1 is 1.04 bits per heavy atom. The van der Waals surface area contributed by atoms with E-state index in [0.29, 0.717) is 25.2 Å². The van der Waals surface area contributed by atoms with Gasteiger partial charge in [-0.25, -0.2) is 0 Å². The predicted octanol–water partition coefficient (Wildman–Crippen LogP) is 2.94. The minimum absolute atomic E-state index is 0. The molecule has 1 unspecified atom stereocenters. The molecule has 1 fully saturated rings. The van der Waals surface area contributed by atoms with E-state index in [9.17, 15) is 9.90 Å². The number of nitrogens with zero attached hydrogens (tertiary/aromatic N) is 1. The highest BCUT2D eigenvalue weighted by Crippen LogP contribution is 2.18. The number of hydrogen-bond donors (Lipinski definition) is 1. The molecule has 2 aromatic rings. The standard InChI is InChI=1S/C19H21NO3.ClH/c21-17-8-6-16(7-9-17)19(22)18(20-10-12-23-13-11-20)14-15-4-2-1-3-5-15;/h1-9,18,21H,10-14H2;1H. The third-order valence-electron chi connectivity index (χ3n) is 4.21. The second-order valence-corrected chi connectivity index (χ2v) is 5.76. The molecule has 24 heavy (non-hydrogen) atoms. The SMILES string of the molecule is Cl.O=C(c1ccc(O)cc1)C(Cc1ccccc1)N1CCOCC1. The van der Waals surface area contributed by atoms with E-state index in [0.717, 1.165) is 18.7 Å². The Morgan fingerprint density at radius 2 is 1.67 bits per heavy atom. The number of ether oxygens (including phenoxy) is 1. The molecule has 0 aromatic heterocycles. The Labute approximate surface area is 148 Å². The Hall–Kier alpha value is -1.88. The van der Waals surface area contributed by atoms with E-state index < -0.39 is 0 Å². The van der Waals surface area contributed by atoms with Crippen LogP contribution in [-0.2, 0) is 11.2 Å². The van der Waals surface area contributed by atoms with Gasteiger partial charge in [-0.1, -0.05) is 30.3 Å². The van der Waals surface area contributed by atoms with Gasteiger partial charge in [0.25, 0.3) is 0 Å². The number of carbonyl (C=O) groups is 1. The summed E-state index contributed by atoms with van der Waals surface area (Å²) in [6.45, 7) is 2.85. The first-order chi connectivity index (χ1) is 11.2. The van der Waals surface area contributed by atoms with Gasteiger partial charge in [0, 0.05) is 18.7 Å². The average molecular weight is 348 g/mol. The predicted molar refractivity (Wildman–Crippen MR) is 96.0 cm³/mol. The first-order valence-corrected chi connectivity index (χ1v) is 7.93. The molecule has 0 amide bonds. The molecule has 1 N–H and O–H groups in total. The van der Waals surface area contributed by atoms with Crippen LogP contribution in [0, 0.1) is 0 Å². The molecule has 0 saturated carbocycles. The van der Waals surface area contributed by atoms with Gasteiger partial charge in [-0.15, -0.1) is 12.4 Å². The van der Waals surface area contributed by atoms with E-state index in [1.165, 1.54) is 0 Å². The van der Waals surface area contributed by atoms with Crippen LogP contribution in [0.25, 0.3) is 0 Å². The molecule has 1 aliphatic rings. The highest BCUT2D eigenvalue weighted by Gasteiger charge is 2.28. The molecule has 3 rings (SSSR count). The number of morpholine rings is 1. The van der Waals surface area contributed by atoms with Crippen LogP contribution in [0.2, 0.25) is 0 Å². The molecule has 0 spiro atoms. The second-order valence-electron chi connectivity index (χ2n) is 5.76. The number of hydrogen-bond acceptors (Lipinski definition) is 4. The van der Waals surface area contributed by atoms with Crippen LogP contribution in [0.3, 0.4) is 0 Å². The summed E-state index contributed by atoms with van der Waals surface area (Å²) in [7, 11) is 0. The highest BCUT2D eigenvalue weighted by atomic mass is 35.5. The summed E-state index contributed by atoms with van der Waals surface area (Å²) >= 11 is 0. The molecule has 0 bridgehead atoms. The van der Waals surface area contributed by atoms with Gasteiger partial charge < -0.3 is 9.84 Å². The van der Waals surface area contributed by atoms with Gasteiger partial charge in [-0.2, -0.15) is 0 Å². The van der Waals surface area contributed by atoms with E-state index in [1.54, 1.807) is 24.3 Å². The topological polar surface area (TPSA) is 49.8 Å². The molecule has 1 saturated heterocycles. The molecule has 1 heterocycles. The summed E-state index contributed by atoms with van der Waals surface area (Å²) in [5.74, 6) is 0.267. The fourth-order valence-corrected chi connectivity index (χ4v) is 2.93. The van der Waals surface area contributed by atoms with Crippen molar-refractivity contribution in [2.45, 2.75) is 12.5 Å². The van der Waals surface area contributed by atoms with E-state index >= 15 is 0 Å². The number of halogens is 1. The maximum atomic E-state index is 13.0. The lowest BCUT2D eigenvalue weighted by Gasteiger charge is -2.33. The molecule has 1 aliphatic heterocycles. The lowest BCUT2D eigenvalue weighted by Crippen LogP contribution is -2.48. The molecule has 2 aromatic carbocycles. The minimum atomic E-state index is -0.203. The summed E-state index contributed by atoms with van der Waals surface area (Å²) in [5.41, 5.74) is 1.78. The van der Waals surface area contributed by atoms with Gasteiger partial charge in [0.1, 0.15) is 5.75 Å². The van der Waals surface area contributed by atoms with Gasteiger partial charge in [-0.3, -0.25) is 9.69 Å². The van der Waals surface area contributed by atoms with Gasteiger partial charge in [-0.05, 0) is 36.2 Å². The van der Waals surface area contributed by atoms with Crippen LogP contribution in [0.5, 0.6) is 5.75 Å². The zero-order chi connectivity index (χ0) is 16.1. The lowest BCUT2D eigenvalue weighted by atomic mass is 9.96. The number of rotatable bonds is 5. The third-order valence-corrected chi connectivity index (χ3v) is 4.21. The molecule has 0 aliphatic carbocycles. The van der Waals surface area contributed by atoms with Crippen molar-refractivity contribution in [3.63, 3.8) is 0 Å². The molecule has 128 valence electrons. The number of phenolic OH excluding ortho intramolecular Hbond substituents is 1. The van der Waals surface area contributed by atoms with Gasteiger partial charge in [0.2, 0.25) is 0 Å². The number of carbonyl (C=O) groups excluding carboxylic acids is 1. The smallest absolute Gasteiger partial charge is 0.180 e. The van der Waals surface area contributed by atoms with Crippen molar-refractivity contribution < 1.29 is 14.6 Å². The van der Waals surface area contributed by atoms with Crippen molar-refractivity contribution in [2.75, 3.05) is 26.3 Å². The summed E-state index contributed by atoms with van der Waals surface area (Å²) in [4.78, 5) is 15.2. The zero-order valence-electron chi connectivity index (χ0n) is 13.4. The van der Waals surface area contributed by atoms with E-state index in [2.05, 4.69) is 17.0 Å². The fourth-order valence-electron chi connectivity index (χ4n) is 2.93. The number of aromatic hydroxyl groups is 1. The average Bonchev–Trinajstić information content (AvgIpc) is 2.61. The zero-order valence-corrected chi connectivity index (χ0v) is 14.2. The largest absolute Gasteiger partial charge is 0.508 e. The monoisotopic (exact) mass is 347 g/mol. The van der Waals surface area contributed by atoms with Gasteiger partial charge >= 0.3 is 0 Å². The number of Topliss-reactive ketones (excluding diaryl/α,β-unsaturated/α-hetero) is 1. The fraction of sp³-hybridized carbons (Fsp3) is 0.316. The van der Waals surface area contributed by atoms with Crippen molar-refractivity contribution in [3.05, 3.63) is 65.7 Å². The summed E-state index contributed by atoms with van der Waals surface area (Å²) in [6, 6.07) is 16.4. The first-order valence-electron chi connectivity index (χ1n) is 7.93. The van der Waals surface area contributed by atoms with Crippen molar-refractivity contribution >= 4 is 18.2 Å². The van der Waals surface area contributed by atoms with E-state index in [4.69, 9.17) is 4.74 Å². The maximum Gasteiger partial charge on any atom is 0.180 e. The van der Waals surface area contributed by atoms with Crippen LogP contribution >= 0.6 is 12.4 Å². The van der Waals surface area contributed by atoms with Crippen molar-refractivity contribution in [1.82, 2.24) is 4.90 Å². The van der Waals surface area contributed by atoms with Crippen molar-refractivity contribution in [1.29, 1.82) is 0 Å². The second kappa shape index (κ2) is 8.83. The van der Waals surface area contributed by atoms with Crippen LogP contribution in [-0.4, -0.2) is 48.1 Å². The normalized spacial score (nSPS) is 16.2. The molecule has 1 atom stereocenters. The quantitative estimate of drug-likeness (QED) is 0.845. The Morgan fingerprint density at radius 3 is 2.29 bits per heavy atom. The van der Waals surface area contributed by atoms with Crippen LogP contribution in [0.15, 0.2) is 54.6 Å². The van der Waals surface area contributed by atoms with E-state index in [-0.39, 0.29) is 30.0 Å². The number of ketones is 1. The third kappa shape index (κ3) is 4.57. The molecule has 4 nitrogen and oxygen atoms in total. The Bertz CT molecular complexity index is 639. The molecule has 0 radical (unpaired) electrons. The minimum Gasteiger partial charge on any atom is -0.508 e. The number of phenols is 1. The molecular formula is C19H22ClNO3. The molecular weight excluding hydrogens is 326 g/mol. The first kappa shape index (κ1) is 18.5. The Kier molecular flexibility index (Phi) is 6.79. The van der Waals surface area contributed by atoms with Crippen LogP contribution in [0.1, 0.15) is 15.9 Å². The Balaban J connectivity index is 0.00000208. The van der Waals surface area contributed by atoms with Crippen LogP contribution < -0.4 is 0 Å². The molecule has 5 heteroatoms. The van der Waals surface area contributed by atoms with E-state index in [1.807, 2.05) is 18.2 Å². The summed E-state index contributed by atoms with van der Waals surface area (Å²) in [6.07, 6.45) is 0.681. The highest BCUT2D eigenvalue weighted by molar-refractivity contribution is 6.00. The van der Waals surface area contributed by atoms with Gasteiger partial charge in [0.15, 0.2) is 5.78 Å². The summed E-state index contributed by atoms with van der Waals surface area (Å²) in [5, 5.41) is 9.42. The van der Waals surface area contributed by atoms with Crippen molar-refractivity contribution in [2.24, 2.45) is 0 Å².